The Kier molecular flexibility index (Phi) is 4.06. The van der Waals surface area contributed by atoms with Gasteiger partial charge >= 0.3 is 0 Å². The first-order chi connectivity index (χ1) is 9.25. The molecule has 0 amide bonds. The zero-order valence-corrected chi connectivity index (χ0v) is 14.3. The van der Waals surface area contributed by atoms with Crippen molar-refractivity contribution in [3.05, 3.63) is 51.5 Å². The maximum atomic E-state index is 4.82. The highest BCUT2D eigenvalue weighted by Gasteiger charge is 2.28. The van der Waals surface area contributed by atoms with Crippen molar-refractivity contribution in [3.8, 4) is 0 Å². The SMILES string of the molecule is CCc1cccc(C(C)(C)c2ccc(C(C)(C)C)s2)n1. The van der Waals surface area contributed by atoms with Crippen LogP contribution in [0.3, 0.4) is 0 Å². The van der Waals surface area contributed by atoms with E-state index in [0.29, 0.717) is 0 Å². The molecule has 0 radical (unpaired) electrons. The number of aromatic nitrogens is 1. The molecule has 2 aromatic heterocycles. The van der Waals surface area contributed by atoms with Crippen molar-refractivity contribution >= 4 is 11.3 Å². The summed E-state index contributed by atoms with van der Waals surface area (Å²) in [6.45, 7) is 13.5. The van der Waals surface area contributed by atoms with E-state index in [1.54, 1.807) is 0 Å². The third kappa shape index (κ3) is 2.95. The van der Waals surface area contributed by atoms with Gasteiger partial charge in [0.05, 0.1) is 5.69 Å². The molecule has 0 spiro atoms. The van der Waals surface area contributed by atoms with Crippen LogP contribution in [0.15, 0.2) is 30.3 Å². The summed E-state index contributed by atoms with van der Waals surface area (Å²) in [6.07, 6.45) is 0.988. The highest BCUT2D eigenvalue weighted by atomic mass is 32.1. The lowest BCUT2D eigenvalue weighted by Gasteiger charge is -2.24. The minimum absolute atomic E-state index is 0.0284. The molecule has 0 saturated heterocycles. The largest absolute Gasteiger partial charge is 0.257 e. The molecule has 0 aliphatic rings. The second kappa shape index (κ2) is 5.33. The van der Waals surface area contributed by atoms with Gasteiger partial charge < -0.3 is 0 Å². The Balaban J connectivity index is 2.41. The molecule has 0 N–H and O–H groups in total. The van der Waals surface area contributed by atoms with Gasteiger partial charge in [-0.05, 0) is 49.9 Å². The van der Waals surface area contributed by atoms with Crippen LogP contribution in [0.2, 0.25) is 0 Å². The van der Waals surface area contributed by atoms with E-state index in [4.69, 9.17) is 4.98 Å². The lowest BCUT2D eigenvalue weighted by Crippen LogP contribution is -2.19. The van der Waals surface area contributed by atoms with Crippen LogP contribution in [0.1, 0.15) is 62.7 Å². The maximum absolute atomic E-state index is 4.82. The van der Waals surface area contributed by atoms with Gasteiger partial charge in [0.25, 0.3) is 0 Å². The fourth-order valence-electron chi connectivity index (χ4n) is 2.23. The number of pyridine rings is 1. The average molecular weight is 287 g/mol. The number of rotatable bonds is 3. The predicted octanol–water partition coefficient (Wildman–Crippen LogP) is 5.33. The zero-order chi connectivity index (χ0) is 15.0. The summed E-state index contributed by atoms with van der Waals surface area (Å²) in [5.41, 5.74) is 2.53. The molecule has 1 nitrogen and oxygen atoms in total. The van der Waals surface area contributed by atoms with Crippen molar-refractivity contribution in [1.82, 2.24) is 4.98 Å². The molecule has 2 heterocycles. The van der Waals surface area contributed by atoms with Gasteiger partial charge in [-0.2, -0.15) is 0 Å². The van der Waals surface area contributed by atoms with Crippen molar-refractivity contribution in [2.45, 2.75) is 58.8 Å². The Labute approximate surface area is 127 Å². The standard InChI is InChI=1S/C18H25NS/c1-7-13-9-8-10-14(19-13)18(5,6)16-12-11-15(20-16)17(2,3)4/h8-12H,7H2,1-6H3. The topological polar surface area (TPSA) is 12.9 Å². The third-order valence-electron chi connectivity index (χ3n) is 3.77. The Morgan fingerprint density at radius 2 is 1.60 bits per heavy atom. The van der Waals surface area contributed by atoms with E-state index in [0.717, 1.165) is 6.42 Å². The van der Waals surface area contributed by atoms with E-state index in [9.17, 15) is 0 Å². The highest BCUT2D eigenvalue weighted by molar-refractivity contribution is 7.12. The number of thiophene rings is 1. The van der Waals surface area contributed by atoms with Crippen LogP contribution in [-0.4, -0.2) is 4.98 Å². The molecular weight excluding hydrogens is 262 g/mol. The predicted molar refractivity (Wildman–Crippen MR) is 88.8 cm³/mol. The first-order valence-electron chi connectivity index (χ1n) is 7.32. The molecule has 0 bridgehead atoms. The van der Waals surface area contributed by atoms with Gasteiger partial charge in [-0.3, -0.25) is 4.98 Å². The summed E-state index contributed by atoms with van der Waals surface area (Å²) in [6, 6.07) is 10.9. The molecular formula is C18H25NS. The van der Waals surface area contributed by atoms with Crippen LogP contribution in [0.4, 0.5) is 0 Å². The second-order valence-electron chi connectivity index (χ2n) is 6.91. The highest BCUT2D eigenvalue weighted by Crippen LogP contribution is 2.38. The Morgan fingerprint density at radius 1 is 0.950 bits per heavy atom. The summed E-state index contributed by atoms with van der Waals surface area (Å²) < 4.78 is 0. The van der Waals surface area contributed by atoms with Gasteiger partial charge in [-0.25, -0.2) is 0 Å². The van der Waals surface area contributed by atoms with Crippen molar-refractivity contribution in [2.24, 2.45) is 0 Å². The van der Waals surface area contributed by atoms with Gasteiger partial charge in [0, 0.05) is 20.9 Å². The monoisotopic (exact) mass is 287 g/mol. The van der Waals surface area contributed by atoms with Gasteiger partial charge in [0.1, 0.15) is 0 Å². The first-order valence-corrected chi connectivity index (χ1v) is 8.14. The summed E-state index contributed by atoms with van der Waals surface area (Å²) in [7, 11) is 0. The molecule has 0 fully saturated rings. The first kappa shape index (κ1) is 15.2. The molecule has 2 heteroatoms. The smallest absolute Gasteiger partial charge is 0.0515 e. The van der Waals surface area contributed by atoms with Gasteiger partial charge in [0.2, 0.25) is 0 Å². The normalized spacial score (nSPS) is 12.7. The number of aryl methyl sites for hydroxylation is 1. The number of nitrogens with zero attached hydrogens (tertiary/aromatic N) is 1. The average Bonchev–Trinajstić information content (AvgIpc) is 2.89. The van der Waals surface area contributed by atoms with Crippen molar-refractivity contribution in [3.63, 3.8) is 0 Å². The van der Waals surface area contributed by atoms with Crippen molar-refractivity contribution < 1.29 is 0 Å². The molecule has 2 aromatic rings. The molecule has 0 aromatic carbocycles. The molecule has 0 aliphatic carbocycles. The van der Waals surface area contributed by atoms with E-state index in [-0.39, 0.29) is 10.8 Å². The van der Waals surface area contributed by atoms with Crippen molar-refractivity contribution in [2.75, 3.05) is 0 Å². The van der Waals surface area contributed by atoms with Crippen molar-refractivity contribution in [1.29, 1.82) is 0 Å². The van der Waals surface area contributed by atoms with Crippen LogP contribution in [0.25, 0.3) is 0 Å². The lowest BCUT2D eigenvalue weighted by atomic mass is 9.86. The maximum Gasteiger partial charge on any atom is 0.0515 e. The third-order valence-corrected chi connectivity index (χ3v) is 5.61. The Morgan fingerprint density at radius 3 is 2.15 bits per heavy atom. The summed E-state index contributed by atoms with van der Waals surface area (Å²) in [5.74, 6) is 0. The molecule has 0 saturated carbocycles. The minimum Gasteiger partial charge on any atom is -0.257 e. The summed E-state index contributed by atoms with van der Waals surface area (Å²) in [4.78, 5) is 7.65. The fraction of sp³-hybridized carbons (Fsp3) is 0.500. The van der Waals surface area contributed by atoms with Gasteiger partial charge in [-0.15, -0.1) is 11.3 Å². The number of hydrogen-bond acceptors (Lipinski definition) is 2. The molecule has 0 unspecified atom stereocenters. The molecule has 2 rings (SSSR count). The van der Waals surface area contributed by atoms with Gasteiger partial charge in [0.15, 0.2) is 0 Å². The van der Waals surface area contributed by atoms with E-state index in [2.05, 4.69) is 71.9 Å². The zero-order valence-electron chi connectivity index (χ0n) is 13.4. The van der Waals surface area contributed by atoms with E-state index in [1.165, 1.54) is 21.1 Å². The molecule has 0 atom stereocenters. The van der Waals surface area contributed by atoms with Crippen LogP contribution < -0.4 is 0 Å². The van der Waals surface area contributed by atoms with Crippen LogP contribution in [0, 0.1) is 0 Å². The van der Waals surface area contributed by atoms with E-state index >= 15 is 0 Å². The second-order valence-corrected chi connectivity index (χ2v) is 7.99. The molecule has 20 heavy (non-hydrogen) atoms. The Hall–Kier alpha value is -1.15. The van der Waals surface area contributed by atoms with Crippen LogP contribution in [0.5, 0.6) is 0 Å². The van der Waals surface area contributed by atoms with Gasteiger partial charge in [-0.1, -0.05) is 33.8 Å². The summed E-state index contributed by atoms with van der Waals surface area (Å²) >= 11 is 1.92. The lowest BCUT2D eigenvalue weighted by molar-refractivity contribution is 0.604. The fourth-order valence-corrected chi connectivity index (χ4v) is 3.40. The summed E-state index contributed by atoms with van der Waals surface area (Å²) in [5, 5.41) is 0. The molecule has 108 valence electrons. The van der Waals surface area contributed by atoms with E-state index < -0.39 is 0 Å². The van der Waals surface area contributed by atoms with Crippen LogP contribution >= 0.6 is 11.3 Å². The molecule has 0 aliphatic heterocycles. The Bertz CT molecular complexity index is 587. The quantitative estimate of drug-likeness (QED) is 0.743. The van der Waals surface area contributed by atoms with E-state index in [1.807, 2.05) is 11.3 Å². The van der Waals surface area contributed by atoms with Crippen LogP contribution in [-0.2, 0) is 17.3 Å². The minimum atomic E-state index is -0.0284. The number of hydrogen-bond donors (Lipinski definition) is 0.